The number of nitrogens with zero attached hydrogens (tertiary/aromatic N) is 1. The van der Waals surface area contributed by atoms with Gasteiger partial charge in [0.25, 0.3) is 5.91 Å². The van der Waals surface area contributed by atoms with Gasteiger partial charge in [0.15, 0.2) is 18.0 Å². The largest absolute Gasteiger partial charge is 0.483 e. The number of thiazole rings is 1. The average molecular weight is 318 g/mol. The summed E-state index contributed by atoms with van der Waals surface area (Å²) in [6, 6.07) is 6.77. The van der Waals surface area contributed by atoms with Gasteiger partial charge in [0, 0.05) is 10.8 Å². The van der Waals surface area contributed by atoms with Gasteiger partial charge in [-0.3, -0.25) is 14.9 Å². The van der Waals surface area contributed by atoms with Crippen molar-refractivity contribution in [2.45, 2.75) is 26.2 Å². The standard InChI is InChI=1S/C16H18N2O3S/c1-16(2,3)13-10-22-15(17-13)18-14(20)9-21-12-7-5-4-6-11(12)8-19/h4-8,10H,9H2,1-3H3,(H,17,18,20). The number of anilines is 1. The van der Waals surface area contributed by atoms with Crippen LogP contribution in [-0.2, 0) is 10.2 Å². The van der Waals surface area contributed by atoms with E-state index in [4.69, 9.17) is 4.74 Å². The van der Waals surface area contributed by atoms with Gasteiger partial charge in [-0.25, -0.2) is 4.98 Å². The molecule has 2 aromatic rings. The summed E-state index contributed by atoms with van der Waals surface area (Å²) in [5.41, 5.74) is 1.29. The molecule has 116 valence electrons. The molecule has 1 aromatic heterocycles. The van der Waals surface area contributed by atoms with Gasteiger partial charge in [0.05, 0.1) is 11.3 Å². The maximum atomic E-state index is 11.9. The second-order valence-corrected chi connectivity index (χ2v) is 6.64. The Morgan fingerprint density at radius 3 is 2.73 bits per heavy atom. The summed E-state index contributed by atoms with van der Waals surface area (Å²) in [4.78, 5) is 27.1. The average Bonchev–Trinajstić information content (AvgIpc) is 2.94. The number of amides is 1. The number of benzene rings is 1. The number of aldehydes is 1. The molecule has 0 radical (unpaired) electrons. The van der Waals surface area contributed by atoms with Crippen molar-refractivity contribution in [3.8, 4) is 5.75 Å². The Balaban J connectivity index is 1.93. The number of hydrogen-bond acceptors (Lipinski definition) is 5. The third-order valence-electron chi connectivity index (χ3n) is 2.92. The highest BCUT2D eigenvalue weighted by atomic mass is 32.1. The van der Waals surface area contributed by atoms with Crippen LogP contribution in [0.1, 0.15) is 36.8 Å². The van der Waals surface area contributed by atoms with Crippen molar-refractivity contribution in [2.24, 2.45) is 0 Å². The van der Waals surface area contributed by atoms with Crippen molar-refractivity contribution < 1.29 is 14.3 Å². The first-order valence-electron chi connectivity index (χ1n) is 6.83. The quantitative estimate of drug-likeness (QED) is 0.859. The predicted molar refractivity (Wildman–Crippen MR) is 86.8 cm³/mol. The van der Waals surface area contributed by atoms with E-state index in [1.807, 2.05) is 5.38 Å². The lowest BCUT2D eigenvalue weighted by atomic mass is 9.93. The molecule has 1 heterocycles. The molecule has 0 unspecified atom stereocenters. The molecule has 0 atom stereocenters. The molecule has 0 saturated heterocycles. The van der Waals surface area contributed by atoms with E-state index >= 15 is 0 Å². The number of carbonyl (C=O) groups excluding carboxylic acids is 2. The zero-order valence-electron chi connectivity index (χ0n) is 12.8. The molecule has 0 saturated carbocycles. The normalized spacial score (nSPS) is 11.0. The monoisotopic (exact) mass is 318 g/mol. The first-order valence-corrected chi connectivity index (χ1v) is 7.71. The molecule has 0 aliphatic heterocycles. The SMILES string of the molecule is CC(C)(C)c1csc(NC(=O)COc2ccccc2C=O)n1. The van der Waals surface area contributed by atoms with Crippen LogP contribution in [0.4, 0.5) is 5.13 Å². The van der Waals surface area contributed by atoms with Gasteiger partial charge in [-0.05, 0) is 12.1 Å². The number of para-hydroxylation sites is 1. The van der Waals surface area contributed by atoms with Crippen LogP contribution < -0.4 is 10.1 Å². The van der Waals surface area contributed by atoms with Crippen molar-refractivity contribution >= 4 is 28.7 Å². The number of aromatic nitrogens is 1. The highest BCUT2D eigenvalue weighted by Gasteiger charge is 2.18. The summed E-state index contributed by atoms with van der Waals surface area (Å²) < 4.78 is 5.37. The van der Waals surface area contributed by atoms with Gasteiger partial charge in [0.1, 0.15) is 5.75 Å². The van der Waals surface area contributed by atoms with Gasteiger partial charge < -0.3 is 4.74 Å². The molecule has 1 aromatic carbocycles. The van der Waals surface area contributed by atoms with E-state index < -0.39 is 0 Å². The van der Waals surface area contributed by atoms with E-state index in [-0.39, 0.29) is 17.9 Å². The van der Waals surface area contributed by atoms with Crippen molar-refractivity contribution in [2.75, 3.05) is 11.9 Å². The zero-order chi connectivity index (χ0) is 16.2. The van der Waals surface area contributed by atoms with Crippen LogP contribution in [0.3, 0.4) is 0 Å². The van der Waals surface area contributed by atoms with Crippen LogP contribution >= 0.6 is 11.3 Å². The van der Waals surface area contributed by atoms with E-state index in [2.05, 4.69) is 31.1 Å². The smallest absolute Gasteiger partial charge is 0.264 e. The molecule has 0 fully saturated rings. The molecular weight excluding hydrogens is 300 g/mol. The topological polar surface area (TPSA) is 68.3 Å². The van der Waals surface area contributed by atoms with E-state index in [0.717, 1.165) is 5.69 Å². The molecule has 22 heavy (non-hydrogen) atoms. The van der Waals surface area contributed by atoms with Crippen molar-refractivity contribution in [3.05, 3.63) is 40.9 Å². The van der Waals surface area contributed by atoms with Gasteiger partial charge in [-0.15, -0.1) is 11.3 Å². The number of rotatable bonds is 5. The predicted octanol–water partition coefficient (Wildman–Crippen LogP) is 3.27. The fourth-order valence-electron chi connectivity index (χ4n) is 1.68. The van der Waals surface area contributed by atoms with E-state index in [9.17, 15) is 9.59 Å². The molecule has 0 bridgehead atoms. The summed E-state index contributed by atoms with van der Waals surface area (Å²) >= 11 is 1.38. The molecule has 5 nitrogen and oxygen atoms in total. The minimum atomic E-state index is -0.310. The molecule has 6 heteroatoms. The summed E-state index contributed by atoms with van der Waals surface area (Å²) in [7, 11) is 0. The Morgan fingerprint density at radius 1 is 1.36 bits per heavy atom. The fourth-order valence-corrected chi connectivity index (χ4v) is 2.64. The first kappa shape index (κ1) is 16.2. The number of carbonyl (C=O) groups is 2. The van der Waals surface area contributed by atoms with Crippen molar-refractivity contribution in [1.29, 1.82) is 0 Å². The Labute approximate surface area is 133 Å². The highest BCUT2D eigenvalue weighted by Crippen LogP contribution is 2.26. The summed E-state index contributed by atoms with van der Waals surface area (Å²) in [5.74, 6) is 0.0812. The molecule has 1 amide bonds. The number of nitrogens with one attached hydrogen (secondary N) is 1. The molecule has 1 N–H and O–H groups in total. The lowest BCUT2D eigenvalue weighted by Crippen LogP contribution is -2.20. The van der Waals surface area contributed by atoms with Crippen LogP contribution in [0.15, 0.2) is 29.6 Å². The van der Waals surface area contributed by atoms with Crippen LogP contribution in [0.5, 0.6) is 5.75 Å². The fraction of sp³-hybridized carbons (Fsp3) is 0.312. The van der Waals surface area contributed by atoms with Crippen LogP contribution in [0.25, 0.3) is 0 Å². The summed E-state index contributed by atoms with van der Waals surface area (Å²) in [5, 5.41) is 5.17. The molecule has 0 aliphatic rings. The van der Waals surface area contributed by atoms with Crippen molar-refractivity contribution in [3.63, 3.8) is 0 Å². The third kappa shape index (κ3) is 4.14. The minimum Gasteiger partial charge on any atom is -0.483 e. The van der Waals surface area contributed by atoms with Gasteiger partial charge in [0.2, 0.25) is 0 Å². The molecule has 2 rings (SSSR count). The van der Waals surface area contributed by atoms with Crippen molar-refractivity contribution in [1.82, 2.24) is 4.98 Å². The second kappa shape index (κ2) is 6.70. The maximum Gasteiger partial charge on any atom is 0.264 e. The second-order valence-electron chi connectivity index (χ2n) is 5.78. The lowest BCUT2D eigenvalue weighted by molar-refractivity contribution is -0.118. The zero-order valence-corrected chi connectivity index (χ0v) is 13.6. The number of ether oxygens (including phenoxy) is 1. The van der Waals surface area contributed by atoms with E-state index in [0.29, 0.717) is 22.7 Å². The third-order valence-corrected chi connectivity index (χ3v) is 3.68. The first-order chi connectivity index (χ1) is 10.4. The number of hydrogen-bond donors (Lipinski definition) is 1. The van der Waals surface area contributed by atoms with E-state index in [1.165, 1.54) is 11.3 Å². The Kier molecular flexibility index (Phi) is 4.92. The maximum absolute atomic E-state index is 11.9. The van der Waals surface area contributed by atoms with Gasteiger partial charge in [-0.1, -0.05) is 32.9 Å². The van der Waals surface area contributed by atoms with Crippen LogP contribution in [0, 0.1) is 0 Å². The van der Waals surface area contributed by atoms with Gasteiger partial charge in [-0.2, -0.15) is 0 Å². The lowest BCUT2D eigenvalue weighted by Gasteiger charge is -2.14. The summed E-state index contributed by atoms with van der Waals surface area (Å²) in [6.45, 7) is 6.02. The van der Waals surface area contributed by atoms with Gasteiger partial charge >= 0.3 is 0 Å². The molecule has 0 aliphatic carbocycles. The molecular formula is C16H18N2O3S. The highest BCUT2D eigenvalue weighted by molar-refractivity contribution is 7.13. The minimum absolute atomic E-state index is 0.0567. The Hall–Kier alpha value is -2.21. The van der Waals surface area contributed by atoms with E-state index in [1.54, 1.807) is 24.3 Å². The van der Waals surface area contributed by atoms with Crippen LogP contribution in [0.2, 0.25) is 0 Å². The Morgan fingerprint density at radius 2 is 2.09 bits per heavy atom. The Bertz CT molecular complexity index is 674. The van der Waals surface area contributed by atoms with Crippen LogP contribution in [-0.4, -0.2) is 23.8 Å². The molecule has 0 spiro atoms. The summed E-state index contributed by atoms with van der Waals surface area (Å²) in [6.07, 6.45) is 0.698.